The lowest BCUT2D eigenvalue weighted by atomic mass is 10.1. The van der Waals surface area contributed by atoms with E-state index in [0.717, 1.165) is 11.3 Å². The first-order chi connectivity index (χ1) is 12.9. The maximum absolute atomic E-state index is 12.5. The molecule has 140 valence electrons. The number of nitrogens with zero attached hydrogens (tertiary/aromatic N) is 2. The van der Waals surface area contributed by atoms with Crippen LogP contribution < -0.4 is 15.5 Å². The van der Waals surface area contributed by atoms with Crippen LogP contribution in [0.5, 0.6) is 5.75 Å². The van der Waals surface area contributed by atoms with Gasteiger partial charge in [-0.15, -0.1) is 0 Å². The fraction of sp³-hybridized carbons (Fsp3) is 0.286. The monoisotopic (exact) mass is 365 g/mol. The second-order valence-electron chi connectivity index (χ2n) is 6.71. The highest BCUT2D eigenvalue weighted by molar-refractivity contribution is 5.81. The van der Waals surface area contributed by atoms with Crippen molar-refractivity contribution in [1.82, 2.24) is 15.1 Å². The number of fused-ring (bicyclic) bond motifs is 1. The first-order valence-electron chi connectivity index (χ1n) is 8.95. The van der Waals surface area contributed by atoms with Crippen molar-refractivity contribution in [2.45, 2.75) is 39.5 Å². The molecular formula is C21H23N3O3. The summed E-state index contributed by atoms with van der Waals surface area (Å²) in [6, 6.07) is 14.7. The molecule has 0 saturated carbocycles. The zero-order valence-electron chi connectivity index (χ0n) is 15.7. The molecule has 0 spiro atoms. The molecule has 1 N–H and O–H groups in total. The van der Waals surface area contributed by atoms with Gasteiger partial charge in [-0.2, -0.15) is 5.10 Å². The van der Waals surface area contributed by atoms with Gasteiger partial charge in [-0.3, -0.25) is 14.3 Å². The molecule has 1 heterocycles. The molecular weight excluding hydrogens is 342 g/mol. The van der Waals surface area contributed by atoms with E-state index in [4.69, 9.17) is 4.74 Å². The highest BCUT2D eigenvalue weighted by atomic mass is 16.5. The van der Waals surface area contributed by atoms with Crippen molar-refractivity contribution in [3.05, 3.63) is 70.5 Å². The van der Waals surface area contributed by atoms with Crippen LogP contribution in [0.1, 0.15) is 32.4 Å². The largest absolute Gasteiger partial charge is 0.491 e. The normalized spacial score (nSPS) is 12.1. The Morgan fingerprint density at radius 1 is 1.11 bits per heavy atom. The molecule has 0 aliphatic rings. The predicted octanol–water partition coefficient (Wildman–Crippen LogP) is 3.06. The van der Waals surface area contributed by atoms with E-state index < -0.39 is 0 Å². The van der Waals surface area contributed by atoms with Crippen molar-refractivity contribution >= 4 is 16.8 Å². The van der Waals surface area contributed by atoms with Gasteiger partial charge in [0.05, 0.1) is 23.9 Å². The summed E-state index contributed by atoms with van der Waals surface area (Å²) >= 11 is 0. The molecule has 0 aliphatic heterocycles. The summed E-state index contributed by atoms with van der Waals surface area (Å²) in [5.41, 5.74) is 1.47. The topological polar surface area (TPSA) is 73.2 Å². The molecule has 0 bridgehead atoms. The zero-order valence-corrected chi connectivity index (χ0v) is 15.7. The number of hydrogen-bond donors (Lipinski definition) is 1. The molecule has 3 aromatic rings. The third-order valence-electron chi connectivity index (χ3n) is 4.18. The minimum atomic E-state index is -0.175. The quantitative estimate of drug-likeness (QED) is 0.729. The maximum Gasteiger partial charge on any atom is 0.242 e. The van der Waals surface area contributed by atoms with Gasteiger partial charge in [0, 0.05) is 5.39 Å². The molecule has 0 radical (unpaired) electrons. The van der Waals surface area contributed by atoms with Crippen LogP contribution in [-0.4, -0.2) is 21.8 Å². The lowest BCUT2D eigenvalue weighted by Gasteiger charge is -2.16. The average Bonchev–Trinajstić information content (AvgIpc) is 2.64. The van der Waals surface area contributed by atoms with Gasteiger partial charge in [0.25, 0.3) is 0 Å². The lowest BCUT2D eigenvalue weighted by Crippen LogP contribution is -2.31. The van der Waals surface area contributed by atoms with E-state index in [1.807, 2.05) is 51.1 Å². The predicted molar refractivity (Wildman–Crippen MR) is 105 cm³/mol. The van der Waals surface area contributed by atoms with Crippen molar-refractivity contribution in [3.8, 4) is 5.75 Å². The fourth-order valence-electron chi connectivity index (χ4n) is 2.90. The summed E-state index contributed by atoms with van der Waals surface area (Å²) in [6.07, 6.45) is 1.36. The van der Waals surface area contributed by atoms with Crippen molar-refractivity contribution in [3.63, 3.8) is 0 Å². The molecule has 1 unspecified atom stereocenters. The molecule has 0 fully saturated rings. The summed E-state index contributed by atoms with van der Waals surface area (Å²) < 4.78 is 7.18. The Balaban J connectivity index is 1.69. The van der Waals surface area contributed by atoms with Gasteiger partial charge in [0.1, 0.15) is 12.3 Å². The van der Waals surface area contributed by atoms with Crippen LogP contribution in [0.2, 0.25) is 0 Å². The highest BCUT2D eigenvalue weighted by Crippen LogP contribution is 2.18. The summed E-state index contributed by atoms with van der Waals surface area (Å²) in [7, 11) is 0. The number of hydrogen-bond acceptors (Lipinski definition) is 4. The van der Waals surface area contributed by atoms with Crippen molar-refractivity contribution in [2.24, 2.45) is 0 Å². The van der Waals surface area contributed by atoms with Crippen LogP contribution in [0.3, 0.4) is 0 Å². The summed E-state index contributed by atoms with van der Waals surface area (Å²) in [4.78, 5) is 24.3. The Hall–Kier alpha value is -3.15. The maximum atomic E-state index is 12.5. The van der Waals surface area contributed by atoms with E-state index in [9.17, 15) is 9.59 Å². The molecule has 0 saturated heterocycles. The number of carbonyl (C=O) groups excluding carboxylic acids is 1. The molecule has 1 atom stereocenters. The molecule has 1 amide bonds. The molecule has 3 rings (SSSR count). The van der Waals surface area contributed by atoms with Crippen LogP contribution >= 0.6 is 0 Å². The van der Waals surface area contributed by atoms with Gasteiger partial charge in [-0.25, -0.2) is 0 Å². The Bertz CT molecular complexity index is 993. The summed E-state index contributed by atoms with van der Waals surface area (Å²) in [6.45, 7) is 5.92. The molecule has 1 aromatic heterocycles. The second-order valence-corrected chi connectivity index (χ2v) is 6.71. The van der Waals surface area contributed by atoms with E-state index in [-0.39, 0.29) is 30.0 Å². The van der Waals surface area contributed by atoms with Crippen LogP contribution in [-0.2, 0) is 11.3 Å². The van der Waals surface area contributed by atoms with Gasteiger partial charge < -0.3 is 10.1 Å². The van der Waals surface area contributed by atoms with Crippen LogP contribution in [0.4, 0.5) is 0 Å². The van der Waals surface area contributed by atoms with Crippen LogP contribution in [0.15, 0.2) is 59.5 Å². The minimum absolute atomic E-state index is 0.0413. The van der Waals surface area contributed by atoms with E-state index in [2.05, 4.69) is 10.4 Å². The SMILES string of the molecule is CC(C)Oc1ccc(C(C)NC(=O)Cn2ncc(=O)c3ccccc32)cc1. The summed E-state index contributed by atoms with van der Waals surface area (Å²) in [5.74, 6) is 0.627. The smallest absolute Gasteiger partial charge is 0.242 e. The Morgan fingerprint density at radius 2 is 1.81 bits per heavy atom. The van der Waals surface area contributed by atoms with Gasteiger partial charge in [-0.1, -0.05) is 24.3 Å². The van der Waals surface area contributed by atoms with Gasteiger partial charge in [0.2, 0.25) is 11.3 Å². The number of benzene rings is 2. The highest BCUT2D eigenvalue weighted by Gasteiger charge is 2.12. The van der Waals surface area contributed by atoms with E-state index in [1.54, 1.807) is 22.9 Å². The zero-order chi connectivity index (χ0) is 19.4. The first-order valence-corrected chi connectivity index (χ1v) is 8.95. The molecule has 6 heteroatoms. The van der Waals surface area contributed by atoms with Crippen molar-refractivity contribution in [1.29, 1.82) is 0 Å². The van der Waals surface area contributed by atoms with Crippen molar-refractivity contribution < 1.29 is 9.53 Å². The van der Waals surface area contributed by atoms with Crippen LogP contribution in [0, 0.1) is 0 Å². The number of carbonyl (C=O) groups is 1. The first kappa shape index (κ1) is 18.6. The molecule has 0 aliphatic carbocycles. The van der Waals surface area contributed by atoms with Gasteiger partial charge in [-0.05, 0) is 50.6 Å². The summed E-state index contributed by atoms with van der Waals surface area (Å²) in [5, 5.41) is 7.61. The average molecular weight is 365 g/mol. The van der Waals surface area contributed by atoms with E-state index in [0.29, 0.717) is 10.9 Å². The van der Waals surface area contributed by atoms with Gasteiger partial charge in [0.15, 0.2) is 0 Å². The minimum Gasteiger partial charge on any atom is -0.491 e. The molecule has 6 nitrogen and oxygen atoms in total. The number of aromatic nitrogens is 2. The van der Waals surface area contributed by atoms with Crippen LogP contribution in [0.25, 0.3) is 10.9 Å². The third-order valence-corrected chi connectivity index (χ3v) is 4.18. The molecule has 2 aromatic carbocycles. The number of rotatable bonds is 6. The lowest BCUT2D eigenvalue weighted by molar-refractivity contribution is -0.122. The van der Waals surface area contributed by atoms with Gasteiger partial charge >= 0.3 is 0 Å². The Labute approximate surface area is 157 Å². The number of ether oxygens (including phenoxy) is 1. The fourth-order valence-corrected chi connectivity index (χ4v) is 2.90. The molecule has 27 heavy (non-hydrogen) atoms. The van der Waals surface area contributed by atoms with E-state index >= 15 is 0 Å². The number of para-hydroxylation sites is 1. The third kappa shape index (κ3) is 4.53. The Morgan fingerprint density at radius 3 is 2.52 bits per heavy atom. The Kier molecular flexibility index (Phi) is 5.54. The van der Waals surface area contributed by atoms with Crippen molar-refractivity contribution in [2.75, 3.05) is 0 Å². The second kappa shape index (κ2) is 8.03. The van der Waals surface area contributed by atoms with E-state index in [1.165, 1.54) is 6.20 Å². The standard InChI is InChI=1S/C21H23N3O3/c1-14(2)27-17-10-8-16(9-11-17)15(3)23-21(26)13-24-19-7-5-4-6-18(19)20(25)12-22-24/h4-12,14-15H,13H2,1-3H3,(H,23,26). The number of nitrogens with one attached hydrogen (secondary N) is 1. The number of amides is 1.